The van der Waals surface area contributed by atoms with Gasteiger partial charge >= 0.3 is 6.03 Å². The van der Waals surface area contributed by atoms with Crippen molar-refractivity contribution >= 4 is 17.8 Å². The van der Waals surface area contributed by atoms with E-state index in [-0.39, 0.29) is 18.5 Å². The van der Waals surface area contributed by atoms with Crippen LogP contribution in [0.2, 0.25) is 0 Å². The molecule has 35 heavy (non-hydrogen) atoms. The van der Waals surface area contributed by atoms with Gasteiger partial charge in [0, 0.05) is 7.05 Å². The summed E-state index contributed by atoms with van der Waals surface area (Å²) >= 11 is 0. The Morgan fingerprint density at radius 3 is 2.17 bits per heavy atom. The highest BCUT2D eigenvalue weighted by Crippen LogP contribution is 2.33. The van der Waals surface area contributed by atoms with Gasteiger partial charge in [-0.1, -0.05) is 78.9 Å². The van der Waals surface area contributed by atoms with Gasteiger partial charge < -0.3 is 10.2 Å². The molecule has 1 unspecified atom stereocenters. The predicted octanol–water partition coefficient (Wildman–Crippen LogP) is 4.19. The maximum absolute atomic E-state index is 13.5. The lowest BCUT2D eigenvalue weighted by Gasteiger charge is -2.30. The van der Waals surface area contributed by atoms with Crippen LogP contribution in [-0.2, 0) is 28.0 Å². The van der Waals surface area contributed by atoms with Crippen LogP contribution in [0.15, 0.2) is 78.9 Å². The van der Waals surface area contributed by atoms with E-state index in [9.17, 15) is 14.4 Å². The Bertz CT molecular complexity index is 1240. The molecule has 3 aromatic rings. The Balaban J connectivity index is 1.39. The first-order valence-corrected chi connectivity index (χ1v) is 12.0. The molecule has 1 atom stereocenters. The molecule has 3 aromatic carbocycles. The van der Waals surface area contributed by atoms with Crippen LogP contribution in [0.3, 0.4) is 0 Å². The normalized spacial score (nSPS) is 19.1. The summed E-state index contributed by atoms with van der Waals surface area (Å²) in [6.45, 7) is 1.40. The molecule has 4 amide bonds. The van der Waals surface area contributed by atoms with Crippen LogP contribution in [0, 0.1) is 0 Å². The lowest BCUT2D eigenvalue weighted by atomic mass is 9.89. The van der Waals surface area contributed by atoms with E-state index in [2.05, 4.69) is 5.32 Å². The van der Waals surface area contributed by atoms with Crippen molar-refractivity contribution in [2.75, 3.05) is 13.6 Å². The molecule has 0 saturated carbocycles. The molecule has 1 N–H and O–H groups in total. The highest BCUT2D eigenvalue weighted by molar-refractivity contribution is 6.09. The quantitative estimate of drug-likeness (QED) is 0.553. The van der Waals surface area contributed by atoms with Crippen LogP contribution in [0.1, 0.15) is 47.2 Å². The minimum Gasteiger partial charge on any atom is -0.333 e. The Morgan fingerprint density at radius 1 is 0.943 bits per heavy atom. The lowest BCUT2D eigenvalue weighted by molar-refractivity contribution is -0.139. The number of amides is 4. The number of hydrogen-bond acceptors (Lipinski definition) is 3. The zero-order valence-corrected chi connectivity index (χ0v) is 20.0. The van der Waals surface area contributed by atoms with Crippen molar-refractivity contribution in [3.8, 4) is 0 Å². The third kappa shape index (κ3) is 4.09. The first kappa shape index (κ1) is 22.8. The smallest absolute Gasteiger partial charge is 0.325 e. The van der Waals surface area contributed by atoms with Crippen molar-refractivity contribution in [1.82, 2.24) is 15.1 Å². The zero-order chi connectivity index (χ0) is 24.6. The second-order valence-corrected chi connectivity index (χ2v) is 9.51. The fourth-order valence-corrected chi connectivity index (χ4v) is 5.22. The second kappa shape index (κ2) is 9.02. The predicted molar refractivity (Wildman–Crippen MR) is 134 cm³/mol. The highest BCUT2D eigenvalue weighted by Gasteiger charge is 2.50. The summed E-state index contributed by atoms with van der Waals surface area (Å²) in [5.74, 6) is -0.720. The number of nitrogens with zero attached hydrogens (tertiary/aromatic N) is 2. The summed E-state index contributed by atoms with van der Waals surface area (Å²) in [6.07, 6.45) is 3.13. The molecule has 6 nitrogen and oxygen atoms in total. The zero-order valence-electron chi connectivity index (χ0n) is 20.0. The summed E-state index contributed by atoms with van der Waals surface area (Å²) < 4.78 is 0. The first-order valence-electron chi connectivity index (χ1n) is 12.0. The van der Waals surface area contributed by atoms with Crippen molar-refractivity contribution in [3.05, 3.63) is 107 Å². The molecule has 0 spiro atoms. The number of hydrogen-bond donors (Lipinski definition) is 1. The summed E-state index contributed by atoms with van der Waals surface area (Å²) in [7, 11) is 1.71. The average molecular weight is 468 g/mol. The van der Waals surface area contributed by atoms with Gasteiger partial charge in [0.2, 0.25) is 5.91 Å². The van der Waals surface area contributed by atoms with Gasteiger partial charge in [-0.05, 0) is 54.0 Å². The number of urea groups is 1. The van der Waals surface area contributed by atoms with Gasteiger partial charge in [0.25, 0.3) is 5.91 Å². The van der Waals surface area contributed by atoms with E-state index in [0.717, 1.165) is 40.9 Å². The van der Waals surface area contributed by atoms with Gasteiger partial charge in [0.1, 0.15) is 12.1 Å². The number of imide groups is 1. The SMILES string of the molecule is CN(C(=O)CN1C(=O)NC(C)(c2ccc3c(c2)CCC3)C1=O)C(c1ccccc1)c1ccccc1. The molecule has 0 aromatic heterocycles. The molecule has 0 bridgehead atoms. The van der Waals surface area contributed by atoms with Crippen molar-refractivity contribution < 1.29 is 14.4 Å². The Labute approximate surface area is 205 Å². The van der Waals surface area contributed by atoms with E-state index in [0.29, 0.717) is 0 Å². The van der Waals surface area contributed by atoms with Crippen LogP contribution in [0.25, 0.3) is 0 Å². The van der Waals surface area contributed by atoms with Crippen molar-refractivity contribution in [3.63, 3.8) is 0 Å². The van der Waals surface area contributed by atoms with Crippen LogP contribution in [0.5, 0.6) is 0 Å². The van der Waals surface area contributed by atoms with E-state index in [1.807, 2.05) is 78.9 Å². The van der Waals surface area contributed by atoms with Gasteiger partial charge in [-0.15, -0.1) is 0 Å². The summed E-state index contributed by atoms with van der Waals surface area (Å²) in [5, 5.41) is 2.84. The molecule has 6 heteroatoms. The van der Waals surface area contributed by atoms with Crippen LogP contribution in [-0.4, -0.2) is 41.2 Å². The number of rotatable bonds is 6. The fraction of sp³-hybridized carbons (Fsp3) is 0.276. The number of carbonyl (C=O) groups excluding carboxylic acids is 3. The Morgan fingerprint density at radius 2 is 1.54 bits per heavy atom. The number of carbonyl (C=O) groups is 3. The molecule has 1 fully saturated rings. The molecule has 2 aliphatic rings. The van der Waals surface area contributed by atoms with Crippen molar-refractivity contribution in [2.45, 2.75) is 37.8 Å². The van der Waals surface area contributed by atoms with Gasteiger partial charge in [-0.3, -0.25) is 14.5 Å². The van der Waals surface area contributed by atoms with E-state index in [4.69, 9.17) is 0 Å². The Kier molecular flexibility index (Phi) is 5.89. The standard InChI is InChI=1S/C29H29N3O3/c1-29(24-17-16-20-14-9-15-23(20)18-24)27(34)32(28(35)30-29)19-25(33)31(2)26(21-10-5-3-6-11-21)22-12-7-4-8-13-22/h3-8,10-13,16-18,26H,9,14-15,19H2,1-2H3,(H,30,35). The van der Waals surface area contributed by atoms with E-state index in [1.54, 1.807) is 18.9 Å². The molecular formula is C29H29N3O3. The molecular weight excluding hydrogens is 438 g/mol. The van der Waals surface area contributed by atoms with Crippen molar-refractivity contribution in [1.29, 1.82) is 0 Å². The van der Waals surface area contributed by atoms with Gasteiger partial charge in [0.05, 0.1) is 6.04 Å². The van der Waals surface area contributed by atoms with E-state index in [1.165, 1.54) is 11.1 Å². The molecule has 1 aliphatic heterocycles. The van der Waals surface area contributed by atoms with E-state index < -0.39 is 17.5 Å². The summed E-state index contributed by atoms with van der Waals surface area (Å²) in [4.78, 5) is 42.5. The third-order valence-corrected chi connectivity index (χ3v) is 7.26. The minimum absolute atomic E-state index is 0.315. The molecule has 1 aliphatic carbocycles. The maximum Gasteiger partial charge on any atom is 0.325 e. The number of nitrogens with one attached hydrogen (secondary N) is 1. The number of aryl methyl sites for hydroxylation is 2. The molecule has 178 valence electrons. The van der Waals surface area contributed by atoms with Gasteiger partial charge in [-0.25, -0.2) is 4.79 Å². The third-order valence-electron chi connectivity index (χ3n) is 7.26. The minimum atomic E-state index is -1.19. The van der Waals surface area contributed by atoms with Crippen LogP contribution < -0.4 is 5.32 Å². The molecule has 0 radical (unpaired) electrons. The topological polar surface area (TPSA) is 69.7 Å². The van der Waals surface area contributed by atoms with Gasteiger partial charge in [-0.2, -0.15) is 0 Å². The first-order chi connectivity index (χ1) is 16.9. The van der Waals surface area contributed by atoms with E-state index >= 15 is 0 Å². The number of likely N-dealkylation sites (N-methyl/N-ethyl adjacent to an activating group) is 1. The monoisotopic (exact) mass is 467 g/mol. The van der Waals surface area contributed by atoms with Crippen molar-refractivity contribution in [2.24, 2.45) is 0 Å². The number of fused-ring (bicyclic) bond motifs is 1. The number of benzene rings is 3. The van der Waals surface area contributed by atoms with Gasteiger partial charge in [0.15, 0.2) is 0 Å². The molecule has 1 saturated heterocycles. The summed E-state index contributed by atoms with van der Waals surface area (Å²) in [6, 6.07) is 24.6. The molecule has 1 heterocycles. The maximum atomic E-state index is 13.5. The summed E-state index contributed by atoms with van der Waals surface area (Å²) in [5.41, 5.74) is 4.01. The second-order valence-electron chi connectivity index (χ2n) is 9.51. The Hall–Kier alpha value is -3.93. The molecule has 5 rings (SSSR count). The largest absolute Gasteiger partial charge is 0.333 e. The fourth-order valence-electron chi connectivity index (χ4n) is 5.22. The lowest BCUT2D eigenvalue weighted by Crippen LogP contribution is -2.44. The van der Waals surface area contributed by atoms with Crippen LogP contribution in [0.4, 0.5) is 4.79 Å². The highest BCUT2D eigenvalue weighted by atomic mass is 16.2. The average Bonchev–Trinajstić information content (AvgIpc) is 3.43. The van der Waals surface area contributed by atoms with Crippen LogP contribution >= 0.6 is 0 Å².